The van der Waals surface area contributed by atoms with Crippen molar-refractivity contribution in [2.75, 3.05) is 5.73 Å². The van der Waals surface area contributed by atoms with Crippen molar-refractivity contribution in [2.24, 2.45) is 0 Å². The molecule has 0 unspecified atom stereocenters. The van der Waals surface area contributed by atoms with Crippen LogP contribution in [0.5, 0.6) is 0 Å². The summed E-state index contributed by atoms with van der Waals surface area (Å²) in [4.78, 5) is 19.4. The molecule has 170 valence electrons. The molecule has 3 heterocycles. The molecule has 0 saturated carbocycles. The Labute approximate surface area is 182 Å². The Morgan fingerprint density at radius 3 is 2.12 bits per heavy atom. The average Bonchev–Trinajstić information content (AvgIpc) is 3.22. The Hall–Kier alpha value is -4.03. The van der Waals surface area contributed by atoms with Crippen molar-refractivity contribution in [3.63, 3.8) is 0 Å². The number of imidazole rings is 1. The Morgan fingerprint density at radius 1 is 0.818 bits per heavy atom. The van der Waals surface area contributed by atoms with Gasteiger partial charge in [-0.2, -0.15) is 26.3 Å². The molecular weight excluding hydrogens is 452 g/mol. The van der Waals surface area contributed by atoms with Gasteiger partial charge in [0.1, 0.15) is 6.33 Å². The molecule has 0 spiro atoms. The summed E-state index contributed by atoms with van der Waals surface area (Å²) in [7, 11) is 0. The number of hydrogen-bond acceptors (Lipinski definition) is 6. The summed E-state index contributed by atoms with van der Waals surface area (Å²) in [5, 5.41) is 0. The second-order valence-electron chi connectivity index (χ2n) is 6.96. The SMILES string of the molecule is Cc1cc(-c2cc(C(F)(F)F)nc(-n3cnc(-c4cnc(N)nc4)c3)n2)ccc1C(F)(F)F. The van der Waals surface area contributed by atoms with Gasteiger partial charge in [-0.05, 0) is 30.7 Å². The van der Waals surface area contributed by atoms with Crippen LogP contribution < -0.4 is 5.73 Å². The fourth-order valence-corrected chi connectivity index (χ4v) is 3.04. The molecule has 0 aliphatic carbocycles. The van der Waals surface area contributed by atoms with E-state index in [0.717, 1.165) is 22.8 Å². The lowest BCUT2D eigenvalue weighted by Gasteiger charge is -2.13. The van der Waals surface area contributed by atoms with Crippen LogP contribution in [0.2, 0.25) is 0 Å². The van der Waals surface area contributed by atoms with Crippen LogP contribution >= 0.6 is 0 Å². The van der Waals surface area contributed by atoms with Crippen molar-refractivity contribution in [1.82, 2.24) is 29.5 Å². The molecule has 0 bridgehead atoms. The van der Waals surface area contributed by atoms with Gasteiger partial charge in [0.15, 0.2) is 5.69 Å². The topological polar surface area (TPSA) is 95.4 Å². The third-order valence-corrected chi connectivity index (χ3v) is 4.61. The Balaban J connectivity index is 1.80. The third-order valence-electron chi connectivity index (χ3n) is 4.61. The molecule has 7 nitrogen and oxygen atoms in total. The molecule has 4 aromatic rings. The molecule has 0 aliphatic heterocycles. The summed E-state index contributed by atoms with van der Waals surface area (Å²) >= 11 is 0. The highest BCUT2D eigenvalue weighted by Gasteiger charge is 2.35. The zero-order valence-electron chi connectivity index (χ0n) is 16.6. The molecule has 0 fully saturated rings. The van der Waals surface area contributed by atoms with Gasteiger partial charge in [-0.1, -0.05) is 6.07 Å². The number of rotatable bonds is 3. The first-order valence-corrected chi connectivity index (χ1v) is 9.18. The number of aromatic nitrogens is 6. The van der Waals surface area contributed by atoms with E-state index in [-0.39, 0.29) is 28.7 Å². The lowest BCUT2D eigenvalue weighted by Crippen LogP contribution is -2.12. The molecule has 3 aromatic heterocycles. The maximum atomic E-state index is 13.5. The predicted molar refractivity (Wildman–Crippen MR) is 105 cm³/mol. The van der Waals surface area contributed by atoms with Crippen molar-refractivity contribution in [1.29, 1.82) is 0 Å². The van der Waals surface area contributed by atoms with E-state index in [4.69, 9.17) is 5.73 Å². The molecule has 13 heteroatoms. The van der Waals surface area contributed by atoms with Crippen molar-refractivity contribution >= 4 is 5.95 Å². The number of benzene rings is 1. The molecule has 33 heavy (non-hydrogen) atoms. The summed E-state index contributed by atoms with van der Waals surface area (Å²) in [6.07, 6.45) is -4.07. The van der Waals surface area contributed by atoms with Crippen LogP contribution in [0, 0.1) is 6.92 Å². The number of anilines is 1. The molecule has 0 atom stereocenters. The van der Waals surface area contributed by atoms with E-state index in [1.807, 2.05) is 0 Å². The van der Waals surface area contributed by atoms with Crippen LogP contribution in [-0.4, -0.2) is 29.5 Å². The average molecular weight is 465 g/mol. The first kappa shape index (κ1) is 22.2. The van der Waals surface area contributed by atoms with E-state index in [0.29, 0.717) is 17.3 Å². The molecule has 0 aliphatic rings. The van der Waals surface area contributed by atoms with Gasteiger partial charge < -0.3 is 5.73 Å². The second-order valence-corrected chi connectivity index (χ2v) is 6.96. The van der Waals surface area contributed by atoms with Crippen molar-refractivity contribution in [3.05, 3.63) is 66.0 Å². The zero-order chi connectivity index (χ0) is 24.0. The highest BCUT2D eigenvalue weighted by molar-refractivity contribution is 5.63. The summed E-state index contributed by atoms with van der Waals surface area (Å²) in [6, 6.07) is 3.67. The van der Waals surface area contributed by atoms with Crippen LogP contribution in [0.15, 0.2) is 49.2 Å². The van der Waals surface area contributed by atoms with E-state index < -0.39 is 23.6 Å². The minimum Gasteiger partial charge on any atom is -0.368 e. The Bertz CT molecular complexity index is 1310. The number of halogens is 6. The number of nitrogen functional groups attached to an aromatic ring is 1. The van der Waals surface area contributed by atoms with Gasteiger partial charge >= 0.3 is 12.4 Å². The van der Waals surface area contributed by atoms with Crippen LogP contribution in [0.4, 0.5) is 32.3 Å². The molecule has 2 N–H and O–H groups in total. The van der Waals surface area contributed by atoms with Gasteiger partial charge in [0, 0.05) is 29.7 Å². The first-order chi connectivity index (χ1) is 15.4. The van der Waals surface area contributed by atoms with E-state index in [1.54, 1.807) is 0 Å². The lowest BCUT2D eigenvalue weighted by atomic mass is 10.0. The van der Waals surface area contributed by atoms with E-state index in [9.17, 15) is 26.3 Å². The monoisotopic (exact) mass is 465 g/mol. The zero-order valence-corrected chi connectivity index (χ0v) is 16.6. The first-order valence-electron chi connectivity index (χ1n) is 9.18. The minimum atomic E-state index is -4.82. The normalized spacial score (nSPS) is 12.2. The van der Waals surface area contributed by atoms with Gasteiger partial charge in [-0.15, -0.1) is 0 Å². The summed E-state index contributed by atoms with van der Waals surface area (Å²) < 4.78 is 80.8. The number of hydrogen-bond donors (Lipinski definition) is 1. The minimum absolute atomic E-state index is 0.0378. The highest BCUT2D eigenvalue weighted by Crippen LogP contribution is 2.35. The fourth-order valence-electron chi connectivity index (χ4n) is 3.04. The van der Waals surface area contributed by atoms with Crippen LogP contribution in [0.3, 0.4) is 0 Å². The van der Waals surface area contributed by atoms with Crippen molar-refractivity contribution in [3.8, 4) is 28.5 Å². The second kappa shape index (κ2) is 7.83. The standard InChI is InChI=1S/C20H13F6N7/c1-10-4-11(2-3-13(10)19(21,22)23)14-5-16(20(24,25)26)32-18(31-14)33-8-15(30-9-33)12-6-28-17(27)29-7-12/h2-9H,1H3,(H2,27,28,29). The van der Waals surface area contributed by atoms with Crippen LogP contribution in [0.1, 0.15) is 16.8 Å². The number of alkyl halides is 6. The fraction of sp³-hybridized carbons (Fsp3) is 0.150. The number of nitrogens with zero attached hydrogens (tertiary/aromatic N) is 6. The van der Waals surface area contributed by atoms with Crippen molar-refractivity contribution in [2.45, 2.75) is 19.3 Å². The molecule has 4 rings (SSSR count). The van der Waals surface area contributed by atoms with E-state index >= 15 is 0 Å². The third kappa shape index (κ3) is 4.61. The van der Waals surface area contributed by atoms with Gasteiger partial charge in [-0.3, -0.25) is 4.57 Å². The lowest BCUT2D eigenvalue weighted by molar-refractivity contribution is -0.141. The van der Waals surface area contributed by atoms with Crippen LogP contribution in [0.25, 0.3) is 28.5 Å². The van der Waals surface area contributed by atoms with Gasteiger partial charge in [0.05, 0.1) is 17.0 Å². The molecule has 0 amide bonds. The van der Waals surface area contributed by atoms with Gasteiger partial charge in [-0.25, -0.2) is 24.9 Å². The summed E-state index contributed by atoms with van der Waals surface area (Å²) in [6.45, 7) is 1.22. The Morgan fingerprint density at radius 2 is 1.52 bits per heavy atom. The number of nitrogens with two attached hydrogens (primary N) is 1. The maximum Gasteiger partial charge on any atom is 0.433 e. The quantitative estimate of drug-likeness (QED) is 0.440. The smallest absolute Gasteiger partial charge is 0.368 e. The highest BCUT2D eigenvalue weighted by atomic mass is 19.4. The molecule has 0 saturated heterocycles. The van der Waals surface area contributed by atoms with Crippen LogP contribution in [-0.2, 0) is 12.4 Å². The molecule has 1 aromatic carbocycles. The van der Waals surface area contributed by atoms with Gasteiger partial charge in [0.25, 0.3) is 0 Å². The largest absolute Gasteiger partial charge is 0.433 e. The van der Waals surface area contributed by atoms with Gasteiger partial charge in [0.2, 0.25) is 11.9 Å². The maximum absolute atomic E-state index is 13.5. The van der Waals surface area contributed by atoms with E-state index in [2.05, 4.69) is 24.9 Å². The van der Waals surface area contributed by atoms with E-state index in [1.165, 1.54) is 31.8 Å². The van der Waals surface area contributed by atoms with Crippen molar-refractivity contribution < 1.29 is 26.3 Å². The Kier molecular flexibility index (Phi) is 5.26. The summed E-state index contributed by atoms with van der Waals surface area (Å²) in [5.41, 5.74) is 3.79. The molecular formula is C20H13F6N7. The molecule has 0 radical (unpaired) electrons. The predicted octanol–water partition coefficient (Wildman–Crippen LogP) is 4.71. The number of aryl methyl sites for hydroxylation is 1. The summed E-state index contributed by atoms with van der Waals surface area (Å²) in [5.74, 6) is -0.330.